The van der Waals surface area contributed by atoms with Gasteiger partial charge in [-0.2, -0.15) is 0 Å². The van der Waals surface area contributed by atoms with Crippen LogP contribution in [0.15, 0.2) is 67.0 Å². The SMILES string of the molecule is COc1cc(C(=O)C(=O)N(C)CC(=O)N(CCCc2ccccc2)Cc2ccncc2)cc(OC)c1OC. The molecule has 2 amide bonds. The average Bonchev–Trinajstić information content (AvgIpc) is 2.95. The maximum absolute atomic E-state index is 13.3. The van der Waals surface area contributed by atoms with Crippen LogP contribution in [0.3, 0.4) is 0 Å². The quantitative estimate of drug-likeness (QED) is 0.252. The molecule has 9 heteroatoms. The van der Waals surface area contributed by atoms with Crippen LogP contribution in [0.2, 0.25) is 0 Å². The molecule has 0 aliphatic carbocycles. The Kier molecular flexibility index (Phi) is 10.2. The summed E-state index contributed by atoms with van der Waals surface area (Å²) in [6, 6.07) is 16.6. The molecule has 0 fully saturated rings. The number of methoxy groups -OCH3 is 3. The van der Waals surface area contributed by atoms with E-state index in [9.17, 15) is 14.4 Å². The van der Waals surface area contributed by atoms with E-state index in [1.54, 1.807) is 17.3 Å². The van der Waals surface area contributed by atoms with Crippen LogP contribution in [-0.2, 0) is 22.6 Å². The van der Waals surface area contributed by atoms with Gasteiger partial charge in [0.2, 0.25) is 11.7 Å². The number of hydrogen-bond acceptors (Lipinski definition) is 7. The second-order valence-corrected chi connectivity index (χ2v) is 8.66. The fraction of sp³-hybridized carbons (Fsp3) is 0.310. The molecule has 0 bridgehead atoms. The molecule has 3 rings (SSSR count). The van der Waals surface area contributed by atoms with Crippen molar-refractivity contribution in [2.45, 2.75) is 19.4 Å². The van der Waals surface area contributed by atoms with Crippen molar-refractivity contribution >= 4 is 17.6 Å². The summed E-state index contributed by atoms with van der Waals surface area (Å²) >= 11 is 0. The number of carbonyl (C=O) groups excluding carboxylic acids is 3. The van der Waals surface area contributed by atoms with Gasteiger partial charge in [0, 0.05) is 38.1 Å². The molecule has 0 aliphatic rings. The molecule has 1 heterocycles. The fourth-order valence-corrected chi connectivity index (χ4v) is 4.00. The third kappa shape index (κ3) is 7.32. The number of ether oxygens (including phenoxy) is 3. The lowest BCUT2D eigenvalue weighted by molar-refractivity contribution is -0.137. The first kappa shape index (κ1) is 28.2. The summed E-state index contributed by atoms with van der Waals surface area (Å²) in [6.07, 6.45) is 4.92. The molecule has 0 aliphatic heterocycles. The Bertz CT molecular complexity index is 1210. The van der Waals surface area contributed by atoms with Crippen LogP contribution in [0.25, 0.3) is 0 Å². The number of Topliss-reactive ketones (excluding diaryl/α,β-unsaturated/α-hetero) is 1. The van der Waals surface area contributed by atoms with E-state index < -0.39 is 11.7 Å². The van der Waals surface area contributed by atoms with Gasteiger partial charge in [0.15, 0.2) is 11.5 Å². The minimum atomic E-state index is -0.819. The number of benzene rings is 2. The number of likely N-dealkylation sites (N-methyl/N-ethyl adjacent to an activating group) is 1. The van der Waals surface area contributed by atoms with Crippen molar-refractivity contribution in [1.82, 2.24) is 14.8 Å². The third-order valence-electron chi connectivity index (χ3n) is 6.05. The van der Waals surface area contributed by atoms with Crippen molar-refractivity contribution in [3.63, 3.8) is 0 Å². The smallest absolute Gasteiger partial charge is 0.295 e. The summed E-state index contributed by atoms with van der Waals surface area (Å²) in [5.41, 5.74) is 2.18. The Balaban J connectivity index is 1.71. The zero-order valence-corrected chi connectivity index (χ0v) is 22.2. The number of aromatic nitrogens is 1. The maximum atomic E-state index is 13.3. The Hall–Kier alpha value is -4.40. The average molecular weight is 520 g/mol. The number of carbonyl (C=O) groups is 3. The number of amides is 2. The molecule has 0 saturated heterocycles. The predicted octanol–water partition coefficient (Wildman–Crippen LogP) is 3.41. The van der Waals surface area contributed by atoms with Gasteiger partial charge >= 0.3 is 0 Å². The van der Waals surface area contributed by atoms with Gasteiger partial charge in [-0.1, -0.05) is 30.3 Å². The van der Waals surface area contributed by atoms with Crippen LogP contribution in [0.1, 0.15) is 27.9 Å². The summed E-state index contributed by atoms with van der Waals surface area (Å²) in [5.74, 6) is -1.05. The minimum absolute atomic E-state index is 0.0697. The molecule has 3 aromatic rings. The van der Waals surface area contributed by atoms with E-state index in [4.69, 9.17) is 14.2 Å². The summed E-state index contributed by atoms with van der Waals surface area (Å²) in [6.45, 7) is 0.628. The summed E-state index contributed by atoms with van der Waals surface area (Å²) < 4.78 is 15.8. The molecule has 1 aromatic heterocycles. The highest BCUT2D eigenvalue weighted by atomic mass is 16.5. The normalized spacial score (nSPS) is 10.4. The number of nitrogens with zero attached hydrogens (tertiary/aromatic N) is 3. The van der Waals surface area contributed by atoms with Gasteiger partial charge < -0.3 is 24.0 Å². The molecule has 200 valence electrons. The standard InChI is InChI=1S/C29H33N3O6/c1-31(29(35)27(34)23-17-24(36-2)28(38-4)25(18-23)37-3)20-26(33)32(19-22-12-14-30-15-13-22)16-8-11-21-9-6-5-7-10-21/h5-7,9-10,12-15,17-18H,8,11,16,19-20H2,1-4H3. The minimum Gasteiger partial charge on any atom is -0.493 e. The van der Waals surface area contributed by atoms with E-state index in [1.165, 1.54) is 46.1 Å². The van der Waals surface area contributed by atoms with Gasteiger partial charge in [0.25, 0.3) is 11.7 Å². The van der Waals surface area contributed by atoms with E-state index in [-0.39, 0.29) is 29.5 Å². The van der Waals surface area contributed by atoms with Crippen LogP contribution < -0.4 is 14.2 Å². The second kappa shape index (κ2) is 13.8. The number of rotatable bonds is 13. The molecule has 0 N–H and O–H groups in total. The second-order valence-electron chi connectivity index (χ2n) is 8.66. The molecular weight excluding hydrogens is 486 g/mol. The highest BCUT2D eigenvalue weighted by Gasteiger charge is 2.26. The van der Waals surface area contributed by atoms with E-state index in [0.29, 0.717) is 18.8 Å². The molecule has 0 radical (unpaired) electrons. The van der Waals surface area contributed by atoms with Gasteiger partial charge in [0.1, 0.15) is 0 Å². The molecule has 0 atom stereocenters. The lowest BCUT2D eigenvalue weighted by Gasteiger charge is -2.26. The summed E-state index contributed by atoms with van der Waals surface area (Å²) in [4.78, 5) is 46.2. The molecular formula is C29H33N3O6. The van der Waals surface area contributed by atoms with Crippen LogP contribution >= 0.6 is 0 Å². The van der Waals surface area contributed by atoms with Gasteiger partial charge in [-0.25, -0.2) is 0 Å². The molecule has 0 saturated carbocycles. The van der Waals surface area contributed by atoms with Gasteiger partial charge in [-0.15, -0.1) is 0 Å². The highest BCUT2D eigenvalue weighted by molar-refractivity contribution is 6.43. The summed E-state index contributed by atoms with van der Waals surface area (Å²) in [7, 11) is 5.73. The van der Waals surface area contributed by atoms with Crippen LogP contribution in [0, 0.1) is 0 Å². The number of pyridine rings is 1. The van der Waals surface area contributed by atoms with Crippen LogP contribution in [0.4, 0.5) is 0 Å². The van der Waals surface area contributed by atoms with Crippen LogP contribution in [-0.4, -0.2) is 73.8 Å². The first-order chi connectivity index (χ1) is 18.4. The largest absolute Gasteiger partial charge is 0.493 e. The van der Waals surface area contributed by atoms with E-state index >= 15 is 0 Å². The molecule has 9 nitrogen and oxygen atoms in total. The first-order valence-corrected chi connectivity index (χ1v) is 12.2. The zero-order valence-electron chi connectivity index (χ0n) is 22.2. The predicted molar refractivity (Wildman–Crippen MR) is 142 cm³/mol. The lowest BCUT2D eigenvalue weighted by Crippen LogP contribution is -2.43. The number of aryl methyl sites for hydroxylation is 1. The lowest BCUT2D eigenvalue weighted by atomic mass is 10.1. The van der Waals surface area contributed by atoms with Crippen molar-refractivity contribution < 1.29 is 28.6 Å². The van der Waals surface area contributed by atoms with Gasteiger partial charge in [-0.3, -0.25) is 19.4 Å². The molecule has 38 heavy (non-hydrogen) atoms. The van der Waals surface area contributed by atoms with Crippen molar-refractivity contribution in [3.05, 3.63) is 83.7 Å². The van der Waals surface area contributed by atoms with Crippen molar-refractivity contribution in [2.24, 2.45) is 0 Å². The highest BCUT2D eigenvalue weighted by Crippen LogP contribution is 2.38. The Labute approximate surface area is 222 Å². The Morgan fingerprint density at radius 2 is 1.47 bits per heavy atom. The van der Waals surface area contributed by atoms with E-state index in [0.717, 1.165) is 23.3 Å². The maximum Gasteiger partial charge on any atom is 0.295 e. The van der Waals surface area contributed by atoms with Crippen molar-refractivity contribution in [1.29, 1.82) is 0 Å². The molecule has 0 unspecified atom stereocenters. The first-order valence-electron chi connectivity index (χ1n) is 12.2. The van der Waals surface area contributed by atoms with Gasteiger partial charge in [-0.05, 0) is 48.2 Å². The fourth-order valence-electron chi connectivity index (χ4n) is 4.00. The molecule has 0 spiro atoms. The molecule has 2 aromatic carbocycles. The topological polar surface area (TPSA) is 98.3 Å². The summed E-state index contributed by atoms with van der Waals surface area (Å²) in [5, 5.41) is 0. The number of hydrogen-bond donors (Lipinski definition) is 0. The van der Waals surface area contributed by atoms with E-state index in [2.05, 4.69) is 17.1 Å². The Morgan fingerprint density at radius 1 is 0.842 bits per heavy atom. The number of ketones is 1. The monoisotopic (exact) mass is 519 g/mol. The van der Waals surface area contributed by atoms with E-state index in [1.807, 2.05) is 30.3 Å². The van der Waals surface area contributed by atoms with Gasteiger partial charge in [0.05, 0.1) is 27.9 Å². The van der Waals surface area contributed by atoms with Crippen molar-refractivity contribution in [2.75, 3.05) is 41.5 Å². The Morgan fingerprint density at radius 3 is 2.05 bits per heavy atom. The van der Waals surface area contributed by atoms with Crippen LogP contribution in [0.5, 0.6) is 17.2 Å². The van der Waals surface area contributed by atoms with Crippen molar-refractivity contribution in [3.8, 4) is 17.2 Å². The third-order valence-corrected chi connectivity index (χ3v) is 6.05. The zero-order chi connectivity index (χ0) is 27.5.